The van der Waals surface area contributed by atoms with Gasteiger partial charge in [0.1, 0.15) is 11.8 Å². The van der Waals surface area contributed by atoms with Gasteiger partial charge in [-0.25, -0.2) is 0 Å². The number of hydrogen-bond donors (Lipinski definition) is 2. The van der Waals surface area contributed by atoms with E-state index in [4.69, 9.17) is 16.3 Å². The third kappa shape index (κ3) is 3.53. The van der Waals surface area contributed by atoms with Crippen LogP contribution in [0.1, 0.15) is 11.6 Å². The van der Waals surface area contributed by atoms with Gasteiger partial charge in [-0.1, -0.05) is 17.7 Å². The normalized spacial score (nSPS) is 16.3. The minimum Gasteiger partial charge on any atom is -0.497 e. The molecule has 0 amide bonds. The van der Waals surface area contributed by atoms with Gasteiger partial charge in [0.05, 0.1) is 7.11 Å². The van der Waals surface area contributed by atoms with Gasteiger partial charge in [0.25, 0.3) is 0 Å². The van der Waals surface area contributed by atoms with Crippen LogP contribution in [-0.4, -0.2) is 54.2 Å². The third-order valence-electron chi connectivity index (χ3n) is 5.30. The zero-order chi connectivity index (χ0) is 19.7. The monoisotopic (exact) mass is 399 g/mol. The summed E-state index contributed by atoms with van der Waals surface area (Å²) in [6.45, 7) is 2.80. The maximum Gasteiger partial charge on any atom is 0.325 e. The Morgan fingerprint density at radius 2 is 1.96 bits per heavy atom. The van der Waals surface area contributed by atoms with Crippen LogP contribution >= 0.6 is 11.6 Å². The van der Waals surface area contributed by atoms with Gasteiger partial charge in [-0.3, -0.25) is 9.69 Å². The zero-order valence-electron chi connectivity index (χ0n) is 15.6. The van der Waals surface area contributed by atoms with Gasteiger partial charge in [0, 0.05) is 59.6 Å². The highest BCUT2D eigenvalue weighted by atomic mass is 35.5. The molecule has 3 aromatic rings. The molecule has 1 aliphatic rings. The number of aliphatic carboxylic acids is 1. The number of ether oxygens (including phenoxy) is 1. The number of hydrogen-bond acceptors (Lipinski definition) is 4. The topological polar surface area (TPSA) is 68.8 Å². The molecule has 0 saturated carbocycles. The molecule has 1 fully saturated rings. The Balaban J connectivity index is 1.58. The molecule has 2 heterocycles. The molecule has 1 saturated heterocycles. The number of H-pyrrole nitrogens is 1. The predicted molar refractivity (Wildman–Crippen MR) is 110 cm³/mol. The summed E-state index contributed by atoms with van der Waals surface area (Å²) in [5, 5.41) is 11.6. The molecule has 1 atom stereocenters. The number of carboxylic acids is 1. The van der Waals surface area contributed by atoms with Crippen molar-refractivity contribution in [1.29, 1.82) is 0 Å². The molecule has 1 unspecified atom stereocenters. The van der Waals surface area contributed by atoms with E-state index in [1.165, 1.54) is 0 Å². The molecular weight excluding hydrogens is 378 g/mol. The summed E-state index contributed by atoms with van der Waals surface area (Å²) in [5.41, 5.74) is 2.73. The summed E-state index contributed by atoms with van der Waals surface area (Å²) in [6, 6.07) is 12.7. The number of nitrogens with one attached hydrogen (secondary N) is 1. The first-order chi connectivity index (χ1) is 13.6. The molecule has 146 valence electrons. The second kappa shape index (κ2) is 7.73. The Labute approximate surface area is 168 Å². The maximum atomic E-state index is 12.2. The molecule has 0 radical (unpaired) electrons. The number of anilines is 1. The number of fused-ring (bicyclic) bond motifs is 1. The summed E-state index contributed by atoms with van der Waals surface area (Å²) >= 11 is 6.10. The molecule has 7 heteroatoms. The van der Waals surface area contributed by atoms with Crippen LogP contribution in [0.5, 0.6) is 5.75 Å². The fraction of sp³-hybridized carbons (Fsp3) is 0.286. The first kappa shape index (κ1) is 18.7. The van der Waals surface area contributed by atoms with Crippen molar-refractivity contribution in [3.05, 3.63) is 59.2 Å². The molecule has 28 heavy (non-hydrogen) atoms. The van der Waals surface area contributed by atoms with Crippen molar-refractivity contribution < 1.29 is 14.6 Å². The Bertz CT molecular complexity index is 995. The lowest BCUT2D eigenvalue weighted by Crippen LogP contribution is -2.49. The van der Waals surface area contributed by atoms with Gasteiger partial charge < -0.3 is 19.7 Å². The number of halogens is 1. The number of aromatic nitrogens is 1. The smallest absolute Gasteiger partial charge is 0.325 e. The zero-order valence-corrected chi connectivity index (χ0v) is 16.3. The number of nitrogens with zero attached hydrogens (tertiary/aromatic N) is 2. The van der Waals surface area contributed by atoms with Gasteiger partial charge in [-0.15, -0.1) is 0 Å². The van der Waals surface area contributed by atoms with E-state index < -0.39 is 12.0 Å². The molecular formula is C21H22ClN3O3. The van der Waals surface area contributed by atoms with Crippen molar-refractivity contribution in [3.63, 3.8) is 0 Å². The van der Waals surface area contributed by atoms with Crippen LogP contribution in [0.2, 0.25) is 5.02 Å². The number of carboxylic acid groups (broad SMARTS) is 1. The van der Waals surface area contributed by atoms with Gasteiger partial charge in [0.2, 0.25) is 0 Å². The fourth-order valence-electron chi connectivity index (χ4n) is 3.87. The largest absolute Gasteiger partial charge is 0.497 e. The van der Waals surface area contributed by atoms with Crippen LogP contribution in [-0.2, 0) is 4.79 Å². The average Bonchev–Trinajstić information content (AvgIpc) is 3.11. The number of aromatic amines is 1. The lowest BCUT2D eigenvalue weighted by molar-refractivity contribution is -0.143. The Morgan fingerprint density at radius 3 is 2.64 bits per heavy atom. The summed E-state index contributed by atoms with van der Waals surface area (Å²) in [7, 11) is 1.61. The molecule has 6 nitrogen and oxygen atoms in total. The van der Waals surface area contributed by atoms with E-state index >= 15 is 0 Å². The molecule has 1 aliphatic heterocycles. The molecule has 1 aromatic heterocycles. The highest BCUT2D eigenvalue weighted by molar-refractivity contribution is 6.30. The van der Waals surface area contributed by atoms with Crippen molar-refractivity contribution in [3.8, 4) is 5.75 Å². The maximum absolute atomic E-state index is 12.2. The summed E-state index contributed by atoms with van der Waals surface area (Å²) < 4.78 is 5.31. The molecule has 0 bridgehead atoms. The standard InChI is InChI=1S/C21H22ClN3O3/c1-28-16-5-6-19-17(12-16)18(13-23-19)20(21(26)27)25-9-7-24(8-10-25)15-4-2-3-14(22)11-15/h2-6,11-13,20,23H,7-10H2,1H3,(H,26,27). The highest BCUT2D eigenvalue weighted by Crippen LogP contribution is 2.32. The van der Waals surface area contributed by atoms with Gasteiger partial charge in [-0.2, -0.15) is 0 Å². The minimum atomic E-state index is -0.847. The highest BCUT2D eigenvalue weighted by Gasteiger charge is 2.32. The van der Waals surface area contributed by atoms with E-state index in [1.54, 1.807) is 13.3 Å². The molecule has 0 aliphatic carbocycles. The van der Waals surface area contributed by atoms with Crippen molar-refractivity contribution in [2.45, 2.75) is 6.04 Å². The first-order valence-electron chi connectivity index (χ1n) is 9.19. The fourth-order valence-corrected chi connectivity index (χ4v) is 4.06. The molecule has 4 rings (SSSR count). The predicted octanol–water partition coefficient (Wildman–Crippen LogP) is 3.78. The van der Waals surface area contributed by atoms with E-state index in [1.807, 2.05) is 47.4 Å². The van der Waals surface area contributed by atoms with Gasteiger partial charge >= 0.3 is 5.97 Å². The molecule has 0 spiro atoms. The van der Waals surface area contributed by atoms with Crippen LogP contribution in [0, 0.1) is 0 Å². The first-order valence-corrected chi connectivity index (χ1v) is 9.57. The van der Waals surface area contributed by atoms with E-state index in [0.29, 0.717) is 23.9 Å². The van der Waals surface area contributed by atoms with Crippen LogP contribution < -0.4 is 9.64 Å². The van der Waals surface area contributed by atoms with Crippen LogP contribution in [0.3, 0.4) is 0 Å². The lowest BCUT2D eigenvalue weighted by Gasteiger charge is -2.38. The quantitative estimate of drug-likeness (QED) is 0.683. The van der Waals surface area contributed by atoms with Crippen LogP contribution in [0.4, 0.5) is 5.69 Å². The van der Waals surface area contributed by atoms with Crippen molar-refractivity contribution >= 4 is 34.2 Å². The van der Waals surface area contributed by atoms with Crippen molar-refractivity contribution in [2.75, 3.05) is 38.2 Å². The summed E-state index contributed by atoms with van der Waals surface area (Å²) in [4.78, 5) is 19.6. The number of piperazine rings is 1. The Hall–Kier alpha value is -2.70. The number of methoxy groups -OCH3 is 1. The van der Waals surface area contributed by atoms with E-state index in [2.05, 4.69) is 9.88 Å². The summed E-state index contributed by atoms with van der Waals surface area (Å²) in [5.74, 6) is -0.136. The Kier molecular flexibility index (Phi) is 5.15. The number of rotatable bonds is 5. The van der Waals surface area contributed by atoms with Crippen molar-refractivity contribution in [1.82, 2.24) is 9.88 Å². The Morgan fingerprint density at radius 1 is 1.18 bits per heavy atom. The minimum absolute atomic E-state index is 0.653. The van der Waals surface area contributed by atoms with Crippen molar-refractivity contribution in [2.24, 2.45) is 0 Å². The van der Waals surface area contributed by atoms with Gasteiger partial charge in [0.15, 0.2) is 0 Å². The SMILES string of the molecule is COc1ccc2[nH]cc(C(C(=O)O)N3CCN(c4cccc(Cl)c4)CC3)c2c1. The van der Waals surface area contributed by atoms with Crippen LogP contribution in [0.15, 0.2) is 48.7 Å². The average molecular weight is 400 g/mol. The van der Waals surface area contributed by atoms with E-state index in [0.717, 1.165) is 35.2 Å². The number of carbonyl (C=O) groups is 1. The van der Waals surface area contributed by atoms with Crippen LogP contribution in [0.25, 0.3) is 10.9 Å². The molecule has 2 aromatic carbocycles. The third-order valence-corrected chi connectivity index (χ3v) is 5.54. The second-order valence-corrected chi connectivity index (χ2v) is 7.34. The van der Waals surface area contributed by atoms with E-state index in [-0.39, 0.29) is 0 Å². The lowest BCUT2D eigenvalue weighted by atomic mass is 10.0. The number of benzene rings is 2. The van der Waals surface area contributed by atoms with E-state index in [9.17, 15) is 9.90 Å². The summed E-state index contributed by atoms with van der Waals surface area (Å²) in [6.07, 6.45) is 1.80. The van der Waals surface area contributed by atoms with Gasteiger partial charge in [-0.05, 0) is 36.4 Å². The molecule has 2 N–H and O–H groups in total. The second-order valence-electron chi connectivity index (χ2n) is 6.90.